The predicted molar refractivity (Wildman–Crippen MR) is 83.5 cm³/mol. The summed E-state index contributed by atoms with van der Waals surface area (Å²) < 4.78 is 3.37. The van der Waals surface area contributed by atoms with Crippen molar-refractivity contribution >= 4 is 0 Å². The summed E-state index contributed by atoms with van der Waals surface area (Å²) in [6.07, 6.45) is 14.7. The fourth-order valence-electron chi connectivity index (χ4n) is 2.89. The summed E-state index contributed by atoms with van der Waals surface area (Å²) >= 11 is -0.585. The molecule has 1 nitrogen and oxygen atoms in total. The number of halogens is 2. The van der Waals surface area contributed by atoms with E-state index in [1.807, 2.05) is 6.07 Å². The largest absolute Gasteiger partial charge is 1.00 e. The zero-order chi connectivity index (χ0) is 14.5. The molecule has 0 saturated heterocycles. The van der Waals surface area contributed by atoms with Gasteiger partial charge in [0.15, 0.2) is 0 Å². The minimum Gasteiger partial charge on any atom is -1.00 e. The van der Waals surface area contributed by atoms with Gasteiger partial charge in [0.2, 0.25) is 0 Å². The molecule has 0 radical (unpaired) electrons. The van der Waals surface area contributed by atoms with Gasteiger partial charge in [-0.25, -0.2) is 0 Å². The van der Waals surface area contributed by atoms with E-state index in [1.54, 1.807) is 6.56 Å². The molecule has 4 heteroatoms. The molecule has 1 atom stereocenters. The van der Waals surface area contributed by atoms with Crippen molar-refractivity contribution in [3.8, 4) is 0 Å². The van der Waals surface area contributed by atoms with Crippen LogP contribution in [0.5, 0.6) is 0 Å². The summed E-state index contributed by atoms with van der Waals surface area (Å²) in [5, 5.41) is 9.76. The molecule has 1 aromatic carbocycles. The summed E-state index contributed by atoms with van der Waals surface area (Å²) in [6, 6.07) is 10.4. The second-order valence-corrected chi connectivity index (χ2v) is 9.23. The molecule has 0 heterocycles. The summed E-state index contributed by atoms with van der Waals surface area (Å²) in [5.41, 5.74) is 2.75. The van der Waals surface area contributed by atoms with Crippen LogP contribution < -0.4 is 24.8 Å². The van der Waals surface area contributed by atoms with E-state index >= 15 is 0 Å². The number of allylic oxidation sites excluding steroid dienone is 8. The molecule has 120 valence electrons. The van der Waals surface area contributed by atoms with Crippen molar-refractivity contribution in [1.29, 1.82) is 0 Å². The molecule has 23 heavy (non-hydrogen) atoms. The molecule has 0 saturated carbocycles. The van der Waals surface area contributed by atoms with Crippen LogP contribution >= 0.6 is 0 Å². The molecule has 2 aliphatic rings. The summed E-state index contributed by atoms with van der Waals surface area (Å²) in [4.78, 5) is 0. The fraction of sp³-hybridized carbons (Fsp3) is 0.263. The van der Waals surface area contributed by atoms with E-state index in [2.05, 4.69) is 54.6 Å². The Morgan fingerprint density at radius 1 is 1.04 bits per heavy atom. The maximum Gasteiger partial charge on any atom is -1.00 e. The average molecular weight is 426 g/mol. The minimum absolute atomic E-state index is 0. The van der Waals surface area contributed by atoms with E-state index in [0.717, 1.165) is 12.8 Å². The third-order valence-electron chi connectivity index (χ3n) is 4.07. The van der Waals surface area contributed by atoms with Crippen LogP contribution in [0.15, 0.2) is 72.8 Å². The van der Waals surface area contributed by atoms with Gasteiger partial charge >= 0.3 is 139 Å². The monoisotopic (exact) mass is 424 g/mol. The van der Waals surface area contributed by atoms with Gasteiger partial charge in [-0.1, -0.05) is 0 Å². The third kappa shape index (κ3) is 5.57. The van der Waals surface area contributed by atoms with Crippen molar-refractivity contribution in [2.24, 2.45) is 0 Å². The topological polar surface area (TPSA) is 20.2 Å². The maximum absolute atomic E-state index is 9.76. The van der Waals surface area contributed by atoms with Gasteiger partial charge in [0.1, 0.15) is 0 Å². The van der Waals surface area contributed by atoms with E-state index in [4.69, 9.17) is 0 Å². The number of aliphatic hydroxyl groups excluding tert-OH is 1. The first-order valence-electron chi connectivity index (χ1n) is 7.54. The molecule has 0 bridgehead atoms. The number of rotatable bonds is 6. The van der Waals surface area contributed by atoms with E-state index < -0.39 is 23.2 Å². The van der Waals surface area contributed by atoms with Crippen LogP contribution in [-0.4, -0.2) is 11.7 Å². The van der Waals surface area contributed by atoms with Crippen LogP contribution in [-0.2, 0) is 23.2 Å². The Morgan fingerprint density at radius 3 is 2.48 bits per heavy atom. The van der Waals surface area contributed by atoms with Crippen LogP contribution in [0, 0.1) is 0 Å². The van der Waals surface area contributed by atoms with Crippen molar-refractivity contribution in [2.75, 3.05) is 6.61 Å². The Hall–Kier alpha value is -0.397. The average Bonchev–Trinajstić information content (AvgIpc) is 3.18. The Bertz CT molecular complexity index is 618. The molecular weight excluding hydrogens is 406 g/mol. The molecule has 0 spiro atoms. The first-order valence-corrected chi connectivity index (χ1v) is 9.99. The van der Waals surface area contributed by atoms with Crippen molar-refractivity contribution in [1.82, 2.24) is 0 Å². The molecule has 1 N–H and O–H groups in total. The predicted octanol–water partition coefficient (Wildman–Crippen LogP) is -1.70. The van der Waals surface area contributed by atoms with E-state index in [1.165, 1.54) is 17.6 Å². The van der Waals surface area contributed by atoms with Crippen molar-refractivity contribution < 1.29 is 53.2 Å². The molecule has 0 aromatic heterocycles. The molecule has 1 aromatic rings. The summed E-state index contributed by atoms with van der Waals surface area (Å²) in [7, 11) is 0. The van der Waals surface area contributed by atoms with Gasteiger partial charge in [-0.3, -0.25) is 0 Å². The second-order valence-electron chi connectivity index (χ2n) is 5.55. The normalized spacial score (nSPS) is 16.5. The van der Waals surface area contributed by atoms with E-state index in [-0.39, 0.29) is 37.3 Å². The smallest absolute Gasteiger partial charge is 1.00 e. The molecule has 3 rings (SSSR count). The minimum atomic E-state index is -0.585. The van der Waals surface area contributed by atoms with Gasteiger partial charge in [-0.05, 0) is 0 Å². The maximum atomic E-state index is 9.76. The molecule has 2 aliphatic carbocycles. The number of hydrogen-bond donors (Lipinski definition) is 1. The number of benzene rings is 1. The van der Waals surface area contributed by atoms with Gasteiger partial charge in [0, 0.05) is 0 Å². The SMILES string of the molecule is OCC(CC1=[C]([Zr+2][C]2=CC=CC2)CC=C1)c1ccccc1.[Cl-].[Cl-]. The summed E-state index contributed by atoms with van der Waals surface area (Å²) in [5.74, 6) is 0.231. The Balaban J connectivity index is 0.00000132. The fourth-order valence-corrected chi connectivity index (χ4v) is 6.21. The van der Waals surface area contributed by atoms with E-state index in [9.17, 15) is 5.11 Å². The van der Waals surface area contributed by atoms with Crippen LogP contribution in [0.4, 0.5) is 0 Å². The standard InChI is InChI=1S/C14H15O.C5H5.2ClH.Zr/c15-11-14(10-12-6-4-5-7-12)13-8-2-1-3-9-13;1-2-4-5-3-1;;;/h1-4,6,8-9,14-15H,5,10-11H2;1-3H,4H2;2*1H;/q;;;;+2/p-2. The quantitative estimate of drug-likeness (QED) is 0.575. The van der Waals surface area contributed by atoms with Crippen molar-refractivity contribution in [3.63, 3.8) is 0 Å². The van der Waals surface area contributed by atoms with Gasteiger partial charge in [0.25, 0.3) is 0 Å². The van der Waals surface area contributed by atoms with Gasteiger partial charge in [0.05, 0.1) is 0 Å². The Labute approximate surface area is 162 Å². The Morgan fingerprint density at radius 2 is 1.83 bits per heavy atom. The van der Waals surface area contributed by atoms with Crippen molar-refractivity contribution in [2.45, 2.75) is 25.2 Å². The molecular formula is C19H20Cl2OZr. The molecule has 1 unspecified atom stereocenters. The van der Waals surface area contributed by atoms with E-state index in [0.29, 0.717) is 0 Å². The van der Waals surface area contributed by atoms with Crippen molar-refractivity contribution in [3.05, 3.63) is 78.4 Å². The molecule has 0 fully saturated rings. The van der Waals surface area contributed by atoms with Crippen LogP contribution in [0.1, 0.15) is 30.7 Å². The van der Waals surface area contributed by atoms with Crippen LogP contribution in [0.3, 0.4) is 0 Å². The number of aliphatic hydroxyl groups is 1. The first-order chi connectivity index (χ1) is 10.4. The third-order valence-corrected chi connectivity index (χ3v) is 7.80. The number of hydrogen-bond acceptors (Lipinski definition) is 1. The second kappa shape index (κ2) is 10.5. The molecule has 0 aliphatic heterocycles. The van der Waals surface area contributed by atoms with Gasteiger partial charge in [-0.15, -0.1) is 0 Å². The molecule has 0 amide bonds. The van der Waals surface area contributed by atoms with Gasteiger partial charge in [-0.2, -0.15) is 0 Å². The van der Waals surface area contributed by atoms with Gasteiger partial charge < -0.3 is 24.8 Å². The zero-order valence-electron chi connectivity index (χ0n) is 12.9. The summed E-state index contributed by atoms with van der Waals surface area (Å²) in [6.45, 7) is 0.226. The van der Waals surface area contributed by atoms with Crippen LogP contribution in [0.25, 0.3) is 0 Å². The Kier molecular flexibility index (Phi) is 9.39. The zero-order valence-corrected chi connectivity index (χ0v) is 16.9. The first kappa shape index (κ1) is 20.6. The van der Waals surface area contributed by atoms with Crippen LogP contribution in [0.2, 0.25) is 0 Å².